The van der Waals surface area contributed by atoms with Crippen LogP contribution in [-0.4, -0.2) is 19.9 Å². The first-order valence-electron chi connectivity index (χ1n) is 6.15. The fourth-order valence-electron chi connectivity index (χ4n) is 1.70. The van der Waals surface area contributed by atoms with Crippen molar-refractivity contribution < 1.29 is 0 Å². The maximum absolute atomic E-state index is 11.9. The van der Waals surface area contributed by atoms with Gasteiger partial charge >= 0.3 is 5.69 Å². The Kier molecular flexibility index (Phi) is 4.15. The zero-order valence-corrected chi connectivity index (χ0v) is 13.0. The van der Waals surface area contributed by atoms with Gasteiger partial charge in [0.2, 0.25) is 0 Å². The van der Waals surface area contributed by atoms with Gasteiger partial charge < -0.3 is 5.73 Å². The number of hydrogen-bond acceptors (Lipinski definition) is 5. The highest BCUT2D eigenvalue weighted by Crippen LogP contribution is 2.33. The van der Waals surface area contributed by atoms with E-state index >= 15 is 0 Å². The number of nitrogen functional groups attached to an aromatic ring is 1. The molecular weight excluding hydrogens is 280 g/mol. The molecule has 1 aromatic rings. The largest absolute Gasteiger partial charge is 0.393 e. The van der Waals surface area contributed by atoms with Gasteiger partial charge in [-0.1, -0.05) is 12.2 Å². The smallest absolute Gasteiger partial charge is 0.330 e. The van der Waals surface area contributed by atoms with Crippen LogP contribution in [0.1, 0.15) is 19.8 Å². The molecule has 104 valence electrons. The van der Waals surface area contributed by atoms with E-state index in [2.05, 4.69) is 4.99 Å². The summed E-state index contributed by atoms with van der Waals surface area (Å²) in [6.45, 7) is 1.94. The third-order valence-electron chi connectivity index (χ3n) is 3.16. The number of aliphatic imine (C=N–C) groups is 1. The molecule has 0 atom stereocenters. The molecule has 5 nitrogen and oxygen atoms in total. The van der Waals surface area contributed by atoms with Gasteiger partial charge in [0.15, 0.2) is 5.82 Å². The topological polar surface area (TPSA) is 65.3 Å². The average Bonchev–Trinajstić information content (AvgIpc) is 3.21. The predicted molar refractivity (Wildman–Crippen MR) is 83.9 cm³/mol. The molecule has 1 saturated carbocycles. The predicted octanol–water partition coefficient (Wildman–Crippen LogP) is 2.23. The molecule has 0 saturated heterocycles. The van der Waals surface area contributed by atoms with Gasteiger partial charge in [-0.25, -0.2) is 9.79 Å². The highest BCUT2D eigenvalue weighted by atomic mass is 32.2. The Hall–Kier alpha value is -1.08. The van der Waals surface area contributed by atoms with Crippen LogP contribution in [0.2, 0.25) is 0 Å². The summed E-state index contributed by atoms with van der Waals surface area (Å²) in [5.41, 5.74) is 6.14. The van der Waals surface area contributed by atoms with Crippen molar-refractivity contribution in [3.63, 3.8) is 0 Å². The Bertz CT molecular complexity index is 603. The molecule has 1 aromatic heterocycles. The molecule has 19 heavy (non-hydrogen) atoms. The molecule has 7 heteroatoms. The maximum Gasteiger partial charge on any atom is 0.330 e. The maximum atomic E-state index is 11.9. The third kappa shape index (κ3) is 3.09. The lowest BCUT2D eigenvalue weighted by Gasteiger charge is -2.11. The average molecular weight is 298 g/mol. The van der Waals surface area contributed by atoms with Crippen molar-refractivity contribution >= 4 is 40.5 Å². The zero-order valence-electron chi connectivity index (χ0n) is 11.3. The molecule has 1 heterocycles. The summed E-state index contributed by atoms with van der Waals surface area (Å²) in [5.74, 6) is 2.37. The SMILES string of the molecule is C/C(=N\c1c(N)c(=S)n(C)c(=O)n1C)SCC1CC1. The number of anilines is 1. The Balaban J connectivity index is 2.36. The van der Waals surface area contributed by atoms with Gasteiger partial charge in [0.05, 0.1) is 5.04 Å². The molecule has 1 aliphatic rings. The molecule has 0 aliphatic heterocycles. The van der Waals surface area contributed by atoms with Crippen LogP contribution in [-0.2, 0) is 14.1 Å². The Labute approximate surface area is 121 Å². The minimum atomic E-state index is -0.210. The van der Waals surface area contributed by atoms with Gasteiger partial charge in [0.1, 0.15) is 10.3 Å². The summed E-state index contributed by atoms with van der Waals surface area (Å²) in [4.78, 5) is 16.4. The second kappa shape index (κ2) is 5.50. The van der Waals surface area contributed by atoms with E-state index in [0.717, 1.165) is 16.7 Å². The summed E-state index contributed by atoms with van der Waals surface area (Å²) in [7, 11) is 3.27. The quantitative estimate of drug-likeness (QED) is 0.528. The summed E-state index contributed by atoms with van der Waals surface area (Å²) in [6.07, 6.45) is 2.64. The van der Waals surface area contributed by atoms with Crippen LogP contribution in [0.3, 0.4) is 0 Å². The standard InChI is InChI=1S/C12H18N4OS2/c1-7(19-6-8-4-5-8)14-10-9(13)11(18)16(3)12(17)15(10)2/h8H,4-6,13H2,1-3H3/b14-7+. The number of thioether (sulfide) groups is 1. The number of rotatable bonds is 3. The fourth-order valence-corrected chi connectivity index (χ4v) is 2.83. The molecule has 0 radical (unpaired) electrons. The van der Waals surface area contributed by atoms with E-state index < -0.39 is 0 Å². The molecule has 0 amide bonds. The van der Waals surface area contributed by atoms with E-state index in [1.54, 1.807) is 25.9 Å². The minimum Gasteiger partial charge on any atom is -0.393 e. The first-order valence-corrected chi connectivity index (χ1v) is 7.54. The van der Waals surface area contributed by atoms with Crippen LogP contribution in [0.4, 0.5) is 11.5 Å². The lowest BCUT2D eigenvalue weighted by molar-refractivity contribution is 0.705. The van der Waals surface area contributed by atoms with E-state index in [1.807, 2.05) is 6.92 Å². The number of hydrogen-bond donors (Lipinski definition) is 1. The molecule has 1 fully saturated rings. The van der Waals surface area contributed by atoms with Gasteiger partial charge in [0.25, 0.3) is 0 Å². The van der Waals surface area contributed by atoms with Crippen LogP contribution in [0.5, 0.6) is 0 Å². The lowest BCUT2D eigenvalue weighted by atomic mass is 10.4. The van der Waals surface area contributed by atoms with Crippen LogP contribution in [0.15, 0.2) is 9.79 Å². The summed E-state index contributed by atoms with van der Waals surface area (Å²) < 4.78 is 3.13. The highest BCUT2D eigenvalue weighted by molar-refractivity contribution is 8.13. The third-order valence-corrected chi connectivity index (χ3v) is 4.80. The van der Waals surface area contributed by atoms with E-state index in [9.17, 15) is 4.79 Å². The first-order chi connectivity index (χ1) is 8.91. The zero-order chi connectivity index (χ0) is 14.2. The second-order valence-corrected chi connectivity index (χ2v) is 6.43. The number of nitrogens with zero attached hydrogens (tertiary/aromatic N) is 3. The van der Waals surface area contributed by atoms with Gasteiger partial charge in [-0.2, -0.15) is 0 Å². The highest BCUT2D eigenvalue weighted by Gasteiger charge is 2.21. The Morgan fingerprint density at radius 1 is 1.47 bits per heavy atom. The van der Waals surface area contributed by atoms with Crippen molar-refractivity contribution in [2.75, 3.05) is 11.5 Å². The molecule has 0 aromatic carbocycles. The summed E-state index contributed by atoms with van der Waals surface area (Å²) >= 11 is 6.86. The summed E-state index contributed by atoms with van der Waals surface area (Å²) in [5, 5.41) is 0.914. The second-order valence-electron chi connectivity index (χ2n) is 4.83. The Morgan fingerprint density at radius 3 is 2.68 bits per heavy atom. The van der Waals surface area contributed by atoms with Gasteiger partial charge in [-0.15, -0.1) is 11.8 Å². The van der Waals surface area contributed by atoms with Crippen molar-refractivity contribution in [1.29, 1.82) is 0 Å². The number of aromatic nitrogens is 2. The lowest BCUT2D eigenvalue weighted by Crippen LogP contribution is -2.28. The van der Waals surface area contributed by atoms with Gasteiger partial charge in [-0.3, -0.25) is 9.13 Å². The molecule has 0 unspecified atom stereocenters. The molecule has 2 N–H and O–H groups in total. The normalized spacial score (nSPS) is 15.8. The van der Waals surface area contributed by atoms with Crippen LogP contribution >= 0.6 is 24.0 Å². The van der Waals surface area contributed by atoms with E-state index in [1.165, 1.54) is 22.0 Å². The first kappa shape index (κ1) is 14.3. The van der Waals surface area contributed by atoms with Crippen molar-refractivity contribution in [2.45, 2.75) is 19.8 Å². The van der Waals surface area contributed by atoms with Gasteiger partial charge in [0, 0.05) is 19.8 Å². The van der Waals surface area contributed by atoms with Crippen molar-refractivity contribution in [1.82, 2.24) is 9.13 Å². The van der Waals surface area contributed by atoms with Crippen LogP contribution < -0.4 is 11.4 Å². The van der Waals surface area contributed by atoms with Crippen LogP contribution in [0.25, 0.3) is 0 Å². The number of nitrogens with two attached hydrogens (primary N) is 1. The molecule has 2 rings (SSSR count). The fraction of sp³-hybridized carbons (Fsp3) is 0.583. The molecular formula is C12H18N4OS2. The van der Waals surface area contributed by atoms with Crippen molar-refractivity contribution in [3.05, 3.63) is 15.1 Å². The van der Waals surface area contributed by atoms with E-state index in [-0.39, 0.29) is 5.69 Å². The van der Waals surface area contributed by atoms with Crippen LogP contribution in [0, 0.1) is 10.6 Å². The van der Waals surface area contributed by atoms with E-state index in [0.29, 0.717) is 16.1 Å². The molecule has 1 aliphatic carbocycles. The van der Waals surface area contributed by atoms with Crippen molar-refractivity contribution in [2.24, 2.45) is 25.0 Å². The van der Waals surface area contributed by atoms with Gasteiger partial charge in [-0.05, 0) is 25.7 Å². The van der Waals surface area contributed by atoms with E-state index in [4.69, 9.17) is 18.0 Å². The molecule has 0 bridgehead atoms. The minimum absolute atomic E-state index is 0.210. The monoisotopic (exact) mass is 298 g/mol. The molecule has 0 spiro atoms. The summed E-state index contributed by atoms with van der Waals surface area (Å²) in [6, 6.07) is 0. The van der Waals surface area contributed by atoms with Crippen molar-refractivity contribution in [3.8, 4) is 0 Å². The Morgan fingerprint density at radius 2 is 2.11 bits per heavy atom.